The van der Waals surface area contributed by atoms with Crippen LogP contribution in [0.15, 0.2) is 34.8 Å². The first-order chi connectivity index (χ1) is 9.56. The Bertz CT molecular complexity index is 534. The highest BCUT2D eigenvalue weighted by Gasteiger charge is 2.24. The molecule has 0 radical (unpaired) electrons. The minimum atomic E-state index is -0.262. The van der Waals surface area contributed by atoms with E-state index >= 15 is 0 Å². The van der Waals surface area contributed by atoms with Crippen molar-refractivity contribution in [2.45, 2.75) is 12.8 Å². The predicted octanol–water partition coefficient (Wildman–Crippen LogP) is 2.19. The first kappa shape index (κ1) is 14.8. The number of nitrogens with two attached hydrogens (primary N) is 1. The fraction of sp³-hybridized carbons (Fsp3) is 0.333. The van der Waals surface area contributed by atoms with E-state index in [1.54, 1.807) is 17.1 Å². The second kappa shape index (κ2) is 6.70. The molecule has 2 N–H and O–H groups in total. The SMILES string of the molecule is NC(=O)C1CCN(C(=O)/C=C/c2cccc(Br)c2)CC1. The van der Waals surface area contributed by atoms with Crippen LogP contribution in [0.2, 0.25) is 0 Å². The Balaban J connectivity index is 1.91. The van der Waals surface area contributed by atoms with Crippen molar-refractivity contribution in [2.24, 2.45) is 11.7 Å². The molecule has 5 heteroatoms. The van der Waals surface area contributed by atoms with Crippen LogP contribution in [-0.4, -0.2) is 29.8 Å². The minimum absolute atomic E-state index is 0.0205. The number of primary amides is 1. The van der Waals surface area contributed by atoms with Crippen LogP contribution < -0.4 is 5.73 Å². The predicted molar refractivity (Wildman–Crippen MR) is 81.7 cm³/mol. The van der Waals surface area contributed by atoms with Crippen LogP contribution in [0.4, 0.5) is 0 Å². The molecule has 0 saturated carbocycles. The van der Waals surface area contributed by atoms with Crippen molar-refractivity contribution in [1.29, 1.82) is 0 Å². The highest BCUT2D eigenvalue weighted by molar-refractivity contribution is 9.10. The second-order valence-corrected chi connectivity index (χ2v) is 5.81. The first-order valence-electron chi connectivity index (χ1n) is 6.58. The van der Waals surface area contributed by atoms with Crippen LogP contribution in [0.1, 0.15) is 18.4 Å². The molecular formula is C15H17BrN2O2. The zero-order valence-corrected chi connectivity index (χ0v) is 12.7. The van der Waals surface area contributed by atoms with Crippen molar-refractivity contribution in [1.82, 2.24) is 4.90 Å². The Morgan fingerprint density at radius 3 is 2.60 bits per heavy atom. The summed E-state index contributed by atoms with van der Waals surface area (Å²) in [6, 6.07) is 7.75. The number of amides is 2. The number of halogens is 1. The summed E-state index contributed by atoms with van der Waals surface area (Å²) < 4.78 is 0.981. The number of piperidine rings is 1. The summed E-state index contributed by atoms with van der Waals surface area (Å²) >= 11 is 3.39. The Morgan fingerprint density at radius 1 is 1.30 bits per heavy atom. The van der Waals surface area contributed by atoms with E-state index in [2.05, 4.69) is 15.9 Å². The van der Waals surface area contributed by atoms with Gasteiger partial charge in [-0.3, -0.25) is 9.59 Å². The van der Waals surface area contributed by atoms with Gasteiger partial charge in [0.25, 0.3) is 0 Å². The van der Waals surface area contributed by atoms with Gasteiger partial charge in [-0.2, -0.15) is 0 Å². The largest absolute Gasteiger partial charge is 0.369 e. The van der Waals surface area contributed by atoms with Gasteiger partial charge in [0, 0.05) is 29.6 Å². The molecule has 0 spiro atoms. The van der Waals surface area contributed by atoms with Gasteiger partial charge in [0.15, 0.2) is 0 Å². The van der Waals surface area contributed by atoms with E-state index in [9.17, 15) is 9.59 Å². The van der Waals surface area contributed by atoms with Crippen molar-refractivity contribution in [3.05, 3.63) is 40.4 Å². The van der Waals surface area contributed by atoms with Gasteiger partial charge in [-0.15, -0.1) is 0 Å². The molecule has 1 saturated heterocycles. The van der Waals surface area contributed by atoms with Crippen molar-refractivity contribution >= 4 is 33.8 Å². The molecule has 1 aromatic carbocycles. The smallest absolute Gasteiger partial charge is 0.246 e. The maximum absolute atomic E-state index is 12.0. The molecule has 1 aromatic rings. The molecule has 2 amide bonds. The zero-order chi connectivity index (χ0) is 14.5. The lowest BCUT2D eigenvalue weighted by Gasteiger charge is -2.29. The summed E-state index contributed by atoms with van der Waals surface area (Å²) in [7, 11) is 0. The fourth-order valence-electron chi connectivity index (χ4n) is 2.27. The number of carbonyl (C=O) groups is 2. The van der Waals surface area contributed by atoms with Gasteiger partial charge in [-0.05, 0) is 36.6 Å². The number of benzene rings is 1. The van der Waals surface area contributed by atoms with Gasteiger partial charge in [-0.1, -0.05) is 28.1 Å². The highest BCUT2D eigenvalue weighted by atomic mass is 79.9. The van der Waals surface area contributed by atoms with Crippen molar-refractivity contribution < 1.29 is 9.59 Å². The van der Waals surface area contributed by atoms with Crippen LogP contribution in [-0.2, 0) is 9.59 Å². The molecule has 20 heavy (non-hydrogen) atoms. The van der Waals surface area contributed by atoms with Crippen LogP contribution in [0.25, 0.3) is 6.08 Å². The molecular weight excluding hydrogens is 320 g/mol. The lowest BCUT2D eigenvalue weighted by molar-refractivity contribution is -0.130. The molecule has 1 fully saturated rings. The molecule has 0 aromatic heterocycles. The van der Waals surface area contributed by atoms with E-state index in [0.29, 0.717) is 25.9 Å². The van der Waals surface area contributed by atoms with E-state index in [0.717, 1.165) is 10.0 Å². The lowest BCUT2D eigenvalue weighted by Crippen LogP contribution is -2.41. The number of likely N-dealkylation sites (tertiary alicyclic amines) is 1. The van der Waals surface area contributed by atoms with Crippen LogP contribution >= 0.6 is 15.9 Å². The molecule has 0 bridgehead atoms. The molecule has 4 nitrogen and oxygen atoms in total. The average Bonchev–Trinajstić information content (AvgIpc) is 2.45. The third-order valence-corrected chi connectivity index (χ3v) is 3.97. The van der Waals surface area contributed by atoms with Crippen LogP contribution in [0, 0.1) is 5.92 Å². The van der Waals surface area contributed by atoms with E-state index in [1.807, 2.05) is 24.3 Å². The maximum atomic E-state index is 12.0. The van der Waals surface area contributed by atoms with E-state index in [4.69, 9.17) is 5.73 Å². The Morgan fingerprint density at radius 2 is 2.00 bits per heavy atom. The second-order valence-electron chi connectivity index (χ2n) is 4.89. The number of carbonyl (C=O) groups excluding carboxylic acids is 2. The topological polar surface area (TPSA) is 63.4 Å². The Kier molecular flexibility index (Phi) is 4.95. The molecule has 0 unspecified atom stereocenters. The normalized spacial score (nSPS) is 16.6. The standard InChI is InChI=1S/C15H17BrN2O2/c16-13-3-1-2-11(10-13)4-5-14(19)18-8-6-12(7-9-18)15(17)20/h1-5,10,12H,6-9H2,(H2,17,20)/b5-4+. The molecule has 1 aliphatic heterocycles. The van der Waals surface area contributed by atoms with E-state index in [-0.39, 0.29) is 17.7 Å². The fourth-order valence-corrected chi connectivity index (χ4v) is 2.68. The van der Waals surface area contributed by atoms with Crippen molar-refractivity contribution in [2.75, 3.05) is 13.1 Å². The molecule has 106 valence electrons. The number of rotatable bonds is 3. The third-order valence-electron chi connectivity index (χ3n) is 3.48. The molecule has 1 aliphatic rings. The summed E-state index contributed by atoms with van der Waals surface area (Å²) in [5.41, 5.74) is 6.25. The lowest BCUT2D eigenvalue weighted by atomic mass is 9.96. The summed E-state index contributed by atoms with van der Waals surface area (Å²) in [5, 5.41) is 0. The molecule has 1 heterocycles. The first-order valence-corrected chi connectivity index (χ1v) is 7.37. The molecule has 2 rings (SSSR count). The average molecular weight is 337 g/mol. The van der Waals surface area contributed by atoms with Gasteiger partial charge >= 0.3 is 0 Å². The van der Waals surface area contributed by atoms with Gasteiger partial charge < -0.3 is 10.6 Å². The summed E-state index contributed by atoms with van der Waals surface area (Å²) in [6.45, 7) is 1.19. The van der Waals surface area contributed by atoms with Gasteiger partial charge in [0.05, 0.1) is 0 Å². The molecule has 0 atom stereocenters. The maximum Gasteiger partial charge on any atom is 0.246 e. The van der Waals surface area contributed by atoms with Gasteiger partial charge in [0.1, 0.15) is 0 Å². The van der Waals surface area contributed by atoms with Crippen molar-refractivity contribution in [3.8, 4) is 0 Å². The Hall–Kier alpha value is -1.62. The zero-order valence-electron chi connectivity index (χ0n) is 11.1. The quantitative estimate of drug-likeness (QED) is 0.860. The summed E-state index contributed by atoms with van der Waals surface area (Å²) in [5.74, 6) is -0.372. The highest BCUT2D eigenvalue weighted by Crippen LogP contribution is 2.17. The van der Waals surface area contributed by atoms with Gasteiger partial charge in [0.2, 0.25) is 11.8 Å². The van der Waals surface area contributed by atoms with Crippen LogP contribution in [0.3, 0.4) is 0 Å². The number of hydrogen-bond acceptors (Lipinski definition) is 2. The number of nitrogens with zero attached hydrogens (tertiary/aromatic N) is 1. The summed E-state index contributed by atoms with van der Waals surface area (Å²) in [4.78, 5) is 24.9. The Labute approximate surface area is 126 Å². The molecule has 0 aliphatic carbocycles. The minimum Gasteiger partial charge on any atom is -0.369 e. The van der Waals surface area contributed by atoms with Gasteiger partial charge in [-0.25, -0.2) is 0 Å². The monoisotopic (exact) mass is 336 g/mol. The summed E-state index contributed by atoms with van der Waals surface area (Å²) in [6.07, 6.45) is 4.69. The number of hydrogen-bond donors (Lipinski definition) is 1. The van der Waals surface area contributed by atoms with Crippen molar-refractivity contribution in [3.63, 3.8) is 0 Å². The van der Waals surface area contributed by atoms with Crippen LogP contribution in [0.5, 0.6) is 0 Å². The van der Waals surface area contributed by atoms with E-state index in [1.165, 1.54) is 0 Å². The third kappa shape index (κ3) is 3.93. The van der Waals surface area contributed by atoms with E-state index < -0.39 is 0 Å².